The van der Waals surface area contributed by atoms with E-state index in [1.165, 1.54) is 43.6 Å². The number of amides is 1. The Balaban J connectivity index is 1.69. The Bertz CT molecular complexity index is 1120. The van der Waals surface area contributed by atoms with Gasteiger partial charge >= 0.3 is 5.97 Å². The lowest BCUT2D eigenvalue weighted by Crippen LogP contribution is -2.21. The maximum atomic E-state index is 12.5. The predicted molar refractivity (Wildman–Crippen MR) is 107 cm³/mol. The minimum Gasteiger partial charge on any atom is -0.454 e. The molecule has 0 radical (unpaired) electrons. The van der Waals surface area contributed by atoms with Crippen molar-refractivity contribution in [2.75, 3.05) is 19.4 Å². The largest absolute Gasteiger partial charge is 0.454 e. The van der Waals surface area contributed by atoms with Crippen LogP contribution in [0.2, 0.25) is 0 Å². The van der Waals surface area contributed by atoms with Crippen LogP contribution in [0.15, 0.2) is 63.4 Å². The first-order chi connectivity index (χ1) is 13.8. The monoisotopic (exact) mass is 434 g/mol. The van der Waals surface area contributed by atoms with Crippen LogP contribution in [0.4, 0.5) is 5.69 Å². The molecular formula is C19H18N2O6S2. The number of nitrogens with zero attached hydrogens (tertiary/aromatic N) is 1. The molecule has 0 saturated carbocycles. The molecule has 152 valence electrons. The number of furan rings is 1. The topological polar surface area (TPSA) is 106 Å². The van der Waals surface area contributed by atoms with Gasteiger partial charge in [-0.15, -0.1) is 11.3 Å². The van der Waals surface area contributed by atoms with Crippen molar-refractivity contribution in [1.29, 1.82) is 0 Å². The third-order valence-corrected chi connectivity index (χ3v) is 6.42. The lowest BCUT2D eigenvalue weighted by Gasteiger charge is -2.10. The Morgan fingerprint density at radius 1 is 1.10 bits per heavy atom. The second kappa shape index (κ2) is 8.60. The maximum Gasteiger partial charge on any atom is 0.340 e. The van der Waals surface area contributed by atoms with Crippen molar-refractivity contribution in [2.45, 2.75) is 11.7 Å². The van der Waals surface area contributed by atoms with Gasteiger partial charge in [0, 0.05) is 14.1 Å². The van der Waals surface area contributed by atoms with Crippen molar-refractivity contribution in [1.82, 2.24) is 4.31 Å². The molecule has 29 heavy (non-hydrogen) atoms. The second-order valence-electron chi connectivity index (χ2n) is 6.06. The summed E-state index contributed by atoms with van der Waals surface area (Å²) in [4.78, 5) is 25.2. The molecule has 1 aromatic carbocycles. The summed E-state index contributed by atoms with van der Waals surface area (Å²) in [6.45, 7) is -0.255. The molecule has 0 aliphatic heterocycles. The molecule has 2 aromatic heterocycles. The Morgan fingerprint density at radius 2 is 1.86 bits per heavy atom. The van der Waals surface area contributed by atoms with Crippen LogP contribution in [0.25, 0.3) is 0 Å². The Morgan fingerprint density at radius 3 is 2.55 bits per heavy atom. The molecule has 0 aliphatic carbocycles. The summed E-state index contributed by atoms with van der Waals surface area (Å²) in [7, 11) is -0.933. The molecule has 3 aromatic rings. The van der Waals surface area contributed by atoms with Crippen LogP contribution in [-0.4, -0.2) is 38.7 Å². The van der Waals surface area contributed by atoms with Gasteiger partial charge in [-0.2, -0.15) is 0 Å². The van der Waals surface area contributed by atoms with Crippen LogP contribution in [0, 0.1) is 0 Å². The molecule has 0 atom stereocenters. The van der Waals surface area contributed by atoms with E-state index in [1.54, 1.807) is 35.7 Å². The molecule has 0 saturated heterocycles. The molecule has 2 heterocycles. The van der Waals surface area contributed by atoms with E-state index in [-0.39, 0.29) is 28.9 Å². The summed E-state index contributed by atoms with van der Waals surface area (Å²) in [5.41, 5.74) is 0.483. The summed E-state index contributed by atoms with van der Waals surface area (Å²) >= 11 is 1.29. The third-order valence-electron chi connectivity index (χ3n) is 3.86. The summed E-state index contributed by atoms with van der Waals surface area (Å²) in [6, 6.07) is 12.6. The van der Waals surface area contributed by atoms with E-state index in [0.29, 0.717) is 10.6 Å². The maximum absolute atomic E-state index is 12.5. The average molecular weight is 434 g/mol. The molecule has 1 N–H and O–H groups in total. The van der Waals surface area contributed by atoms with Crippen molar-refractivity contribution in [3.8, 4) is 0 Å². The van der Waals surface area contributed by atoms with Gasteiger partial charge in [-0.25, -0.2) is 17.5 Å². The van der Waals surface area contributed by atoms with Crippen LogP contribution in [0.5, 0.6) is 0 Å². The summed E-state index contributed by atoms with van der Waals surface area (Å²) in [6.07, 6.45) is 0. The molecule has 0 spiro atoms. The van der Waals surface area contributed by atoms with Crippen LogP contribution < -0.4 is 5.32 Å². The minimum atomic E-state index is -3.71. The van der Waals surface area contributed by atoms with Crippen molar-refractivity contribution < 1.29 is 27.2 Å². The molecule has 3 rings (SSSR count). The Labute approximate surface area is 171 Å². The van der Waals surface area contributed by atoms with Crippen molar-refractivity contribution in [2.24, 2.45) is 0 Å². The highest BCUT2D eigenvalue weighted by Crippen LogP contribution is 2.21. The van der Waals surface area contributed by atoms with Crippen LogP contribution in [0.3, 0.4) is 0 Å². The van der Waals surface area contributed by atoms with E-state index in [4.69, 9.17) is 9.15 Å². The number of ether oxygens (including phenoxy) is 1. The van der Waals surface area contributed by atoms with Crippen molar-refractivity contribution >= 4 is 38.9 Å². The van der Waals surface area contributed by atoms with Crippen LogP contribution >= 0.6 is 11.3 Å². The van der Waals surface area contributed by atoms with Crippen molar-refractivity contribution in [3.05, 3.63) is 70.1 Å². The molecule has 10 heteroatoms. The number of benzene rings is 1. The number of rotatable bonds is 7. The molecule has 0 fully saturated rings. The summed E-state index contributed by atoms with van der Waals surface area (Å²) in [5, 5.41) is 4.23. The number of hydrogen-bond donors (Lipinski definition) is 1. The normalized spacial score (nSPS) is 11.4. The fraction of sp³-hybridized carbons (Fsp3) is 0.158. The quantitative estimate of drug-likeness (QED) is 0.573. The van der Waals surface area contributed by atoms with Gasteiger partial charge in [0.25, 0.3) is 15.9 Å². The smallest absolute Gasteiger partial charge is 0.340 e. The van der Waals surface area contributed by atoms with E-state index >= 15 is 0 Å². The Kier molecular flexibility index (Phi) is 6.16. The zero-order chi connectivity index (χ0) is 21.0. The van der Waals surface area contributed by atoms with E-state index in [9.17, 15) is 18.0 Å². The number of carbonyl (C=O) groups is 2. The number of carbonyl (C=O) groups excluding carboxylic acids is 2. The summed E-state index contributed by atoms with van der Waals surface area (Å²) in [5.74, 6) is -0.829. The first kappa shape index (κ1) is 20.8. The molecule has 8 nitrogen and oxygen atoms in total. The van der Waals surface area contributed by atoms with Crippen LogP contribution in [-0.2, 0) is 21.4 Å². The number of sulfonamides is 1. The van der Waals surface area contributed by atoms with Gasteiger partial charge in [0.05, 0.1) is 16.1 Å². The lowest BCUT2D eigenvalue weighted by atomic mass is 10.1. The highest BCUT2D eigenvalue weighted by Gasteiger charge is 2.22. The second-order valence-corrected chi connectivity index (χ2v) is 9.09. The SMILES string of the molecule is CN(C)S(=O)(=O)c1ccc(COC(=O)c2ccccc2NC(=O)c2cccs2)o1. The zero-order valence-corrected chi connectivity index (χ0v) is 17.2. The van der Waals surface area contributed by atoms with Gasteiger partial charge in [-0.05, 0) is 35.7 Å². The highest BCUT2D eigenvalue weighted by atomic mass is 32.2. The third kappa shape index (κ3) is 4.73. The molecule has 0 bridgehead atoms. The first-order valence-corrected chi connectivity index (χ1v) is 10.7. The van der Waals surface area contributed by atoms with Gasteiger partial charge < -0.3 is 14.5 Å². The summed E-state index contributed by atoms with van der Waals surface area (Å²) < 4.78 is 35.6. The van der Waals surface area contributed by atoms with Crippen LogP contribution in [0.1, 0.15) is 25.8 Å². The number of anilines is 1. The van der Waals surface area contributed by atoms with Crippen molar-refractivity contribution in [3.63, 3.8) is 0 Å². The fourth-order valence-electron chi connectivity index (χ4n) is 2.33. The molecule has 0 unspecified atom stereocenters. The van der Waals surface area contributed by atoms with E-state index in [0.717, 1.165) is 4.31 Å². The first-order valence-electron chi connectivity index (χ1n) is 8.41. The van der Waals surface area contributed by atoms with Gasteiger partial charge in [0.1, 0.15) is 12.4 Å². The highest BCUT2D eigenvalue weighted by molar-refractivity contribution is 7.88. The van der Waals surface area contributed by atoms with E-state index in [2.05, 4.69) is 5.32 Å². The standard InChI is InChI=1S/C19H18N2O6S2/c1-21(2)29(24,25)17-10-9-13(27-17)12-26-19(23)14-6-3-4-7-15(14)20-18(22)16-8-5-11-28-16/h3-11H,12H2,1-2H3,(H,20,22). The minimum absolute atomic E-state index is 0.171. The molecular weight excluding hydrogens is 416 g/mol. The number of hydrogen-bond acceptors (Lipinski definition) is 7. The van der Waals surface area contributed by atoms with Gasteiger partial charge in [0.15, 0.2) is 0 Å². The number of thiophene rings is 1. The number of para-hydroxylation sites is 1. The number of nitrogens with one attached hydrogen (secondary N) is 1. The molecule has 1 amide bonds. The predicted octanol–water partition coefficient (Wildman–Crippen LogP) is 3.20. The number of esters is 1. The fourth-order valence-corrected chi connectivity index (χ4v) is 3.76. The zero-order valence-electron chi connectivity index (χ0n) is 15.6. The van der Waals surface area contributed by atoms with E-state index < -0.39 is 16.0 Å². The van der Waals surface area contributed by atoms with Gasteiger partial charge in [0.2, 0.25) is 5.09 Å². The average Bonchev–Trinajstić information content (AvgIpc) is 3.38. The molecule has 0 aliphatic rings. The van der Waals surface area contributed by atoms with E-state index in [1.807, 2.05) is 0 Å². The Hall–Kier alpha value is -2.95. The lowest BCUT2D eigenvalue weighted by molar-refractivity contribution is 0.0442. The van der Waals surface area contributed by atoms with Gasteiger partial charge in [-0.3, -0.25) is 4.79 Å². The van der Waals surface area contributed by atoms with Gasteiger partial charge in [-0.1, -0.05) is 18.2 Å².